The highest BCUT2D eigenvalue weighted by molar-refractivity contribution is 5.63. The summed E-state index contributed by atoms with van der Waals surface area (Å²) in [6.45, 7) is 10.3. The molecule has 0 radical (unpaired) electrons. The van der Waals surface area contributed by atoms with Gasteiger partial charge in [-0.3, -0.25) is 0 Å². The Bertz CT molecular complexity index is 392. The van der Waals surface area contributed by atoms with E-state index in [1.807, 2.05) is 19.9 Å². The van der Waals surface area contributed by atoms with E-state index in [0.29, 0.717) is 5.92 Å². The van der Waals surface area contributed by atoms with Crippen LogP contribution in [0, 0.1) is 0 Å². The van der Waals surface area contributed by atoms with Crippen molar-refractivity contribution in [2.75, 3.05) is 18.0 Å². The number of anilines is 1. The van der Waals surface area contributed by atoms with Gasteiger partial charge in [-0.15, -0.1) is 0 Å². The van der Waals surface area contributed by atoms with Gasteiger partial charge < -0.3 is 10.0 Å². The van der Waals surface area contributed by atoms with Crippen LogP contribution in [0.5, 0.6) is 0 Å². The largest absolute Gasteiger partial charge is 0.386 e. The lowest BCUT2D eigenvalue weighted by Gasteiger charge is -2.23. The molecule has 1 aromatic rings. The molecule has 1 aliphatic heterocycles. The lowest BCUT2D eigenvalue weighted by Crippen LogP contribution is -2.20. The van der Waals surface area contributed by atoms with Gasteiger partial charge in [-0.25, -0.2) is 0 Å². The van der Waals surface area contributed by atoms with Crippen molar-refractivity contribution >= 4 is 5.69 Å². The van der Waals surface area contributed by atoms with Gasteiger partial charge in [0.05, 0.1) is 5.60 Å². The third kappa shape index (κ3) is 1.71. The lowest BCUT2D eigenvalue weighted by atomic mass is 9.88. The van der Waals surface area contributed by atoms with Crippen molar-refractivity contribution in [2.24, 2.45) is 0 Å². The number of aliphatic hydroxyl groups is 1. The molecule has 1 aromatic carbocycles. The van der Waals surface area contributed by atoms with Crippen molar-refractivity contribution in [1.82, 2.24) is 0 Å². The van der Waals surface area contributed by atoms with Crippen LogP contribution in [0.1, 0.15) is 44.7 Å². The molecule has 0 spiro atoms. The van der Waals surface area contributed by atoms with E-state index < -0.39 is 5.60 Å². The van der Waals surface area contributed by atoms with Crippen molar-refractivity contribution in [2.45, 2.75) is 39.2 Å². The molecular formula is C14H21NO. The van der Waals surface area contributed by atoms with Gasteiger partial charge in [-0.05, 0) is 38.0 Å². The predicted octanol–water partition coefficient (Wildman–Crippen LogP) is 2.86. The van der Waals surface area contributed by atoms with Crippen molar-refractivity contribution in [3.63, 3.8) is 0 Å². The van der Waals surface area contributed by atoms with Crippen molar-refractivity contribution in [3.8, 4) is 0 Å². The van der Waals surface area contributed by atoms with Gasteiger partial charge in [0.1, 0.15) is 0 Å². The zero-order valence-corrected chi connectivity index (χ0v) is 10.6. The summed E-state index contributed by atoms with van der Waals surface area (Å²) in [7, 11) is 0. The standard InChI is InChI=1S/C14H21NO/c1-5-15-9-10(2)13-11(14(3,4)16)7-6-8-12(13)15/h6-8,10,16H,5,9H2,1-4H3. The minimum atomic E-state index is -0.747. The molecule has 88 valence electrons. The Kier molecular flexibility index (Phi) is 2.70. The van der Waals surface area contributed by atoms with Crippen LogP contribution in [-0.4, -0.2) is 18.2 Å². The molecular weight excluding hydrogens is 198 g/mol. The van der Waals surface area contributed by atoms with Crippen LogP contribution in [0.2, 0.25) is 0 Å². The van der Waals surface area contributed by atoms with Gasteiger partial charge in [-0.1, -0.05) is 19.1 Å². The van der Waals surface area contributed by atoms with Crippen molar-refractivity contribution in [3.05, 3.63) is 29.3 Å². The molecule has 1 aliphatic rings. The van der Waals surface area contributed by atoms with Crippen LogP contribution in [0.15, 0.2) is 18.2 Å². The molecule has 1 heterocycles. The second kappa shape index (κ2) is 3.77. The van der Waals surface area contributed by atoms with Gasteiger partial charge in [0, 0.05) is 24.7 Å². The molecule has 0 saturated carbocycles. The summed E-state index contributed by atoms with van der Waals surface area (Å²) in [4.78, 5) is 2.38. The maximum Gasteiger partial charge on any atom is 0.0844 e. The summed E-state index contributed by atoms with van der Waals surface area (Å²) in [6, 6.07) is 6.26. The molecule has 2 nitrogen and oxygen atoms in total. The van der Waals surface area contributed by atoms with E-state index in [0.717, 1.165) is 18.7 Å². The first-order valence-corrected chi connectivity index (χ1v) is 6.06. The maximum atomic E-state index is 10.2. The zero-order chi connectivity index (χ0) is 11.9. The fourth-order valence-electron chi connectivity index (χ4n) is 2.70. The summed E-state index contributed by atoms with van der Waals surface area (Å²) >= 11 is 0. The van der Waals surface area contributed by atoms with Gasteiger partial charge >= 0.3 is 0 Å². The highest BCUT2D eigenvalue weighted by atomic mass is 16.3. The number of hydrogen-bond acceptors (Lipinski definition) is 2. The minimum absolute atomic E-state index is 0.512. The van der Waals surface area contributed by atoms with E-state index >= 15 is 0 Å². The maximum absolute atomic E-state index is 10.2. The molecule has 1 atom stereocenters. The Balaban J connectivity index is 2.56. The number of hydrogen-bond donors (Lipinski definition) is 1. The van der Waals surface area contributed by atoms with Crippen molar-refractivity contribution in [1.29, 1.82) is 0 Å². The zero-order valence-electron chi connectivity index (χ0n) is 10.6. The van der Waals surface area contributed by atoms with Crippen molar-refractivity contribution < 1.29 is 5.11 Å². The van der Waals surface area contributed by atoms with Gasteiger partial charge in [-0.2, -0.15) is 0 Å². The SMILES string of the molecule is CCN1CC(C)c2c1cccc2C(C)(C)O. The van der Waals surface area contributed by atoms with Crippen LogP contribution in [0.4, 0.5) is 5.69 Å². The third-order valence-electron chi connectivity index (χ3n) is 3.45. The summed E-state index contributed by atoms with van der Waals surface area (Å²) in [5, 5.41) is 10.2. The fraction of sp³-hybridized carbons (Fsp3) is 0.571. The highest BCUT2D eigenvalue weighted by Crippen LogP contribution is 2.41. The van der Waals surface area contributed by atoms with Crippen LogP contribution < -0.4 is 4.90 Å². The van der Waals surface area contributed by atoms with E-state index in [1.54, 1.807) is 0 Å². The lowest BCUT2D eigenvalue weighted by molar-refractivity contribution is 0.0775. The van der Waals surface area contributed by atoms with E-state index in [-0.39, 0.29) is 0 Å². The van der Waals surface area contributed by atoms with Gasteiger partial charge in [0.15, 0.2) is 0 Å². The Hall–Kier alpha value is -1.02. The van der Waals surface area contributed by atoms with Gasteiger partial charge in [0.2, 0.25) is 0 Å². The minimum Gasteiger partial charge on any atom is -0.386 e. The second-order valence-electron chi connectivity index (χ2n) is 5.24. The van der Waals surface area contributed by atoms with E-state index in [1.165, 1.54) is 11.3 Å². The van der Waals surface area contributed by atoms with Crippen LogP contribution in [0.3, 0.4) is 0 Å². The fourth-order valence-corrected chi connectivity index (χ4v) is 2.70. The molecule has 0 amide bonds. The van der Waals surface area contributed by atoms with Crippen LogP contribution >= 0.6 is 0 Å². The molecule has 2 rings (SSSR count). The Labute approximate surface area is 97.9 Å². The summed E-state index contributed by atoms with van der Waals surface area (Å²) < 4.78 is 0. The number of fused-ring (bicyclic) bond motifs is 1. The average Bonchev–Trinajstić information content (AvgIpc) is 2.54. The smallest absolute Gasteiger partial charge is 0.0844 e. The first-order valence-electron chi connectivity index (χ1n) is 6.06. The first-order chi connectivity index (χ1) is 7.45. The monoisotopic (exact) mass is 219 g/mol. The second-order valence-corrected chi connectivity index (χ2v) is 5.24. The quantitative estimate of drug-likeness (QED) is 0.826. The van der Waals surface area contributed by atoms with Crippen LogP contribution in [0.25, 0.3) is 0 Å². The average molecular weight is 219 g/mol. The number of nitrogens with zero attached hydrogens (tertiary/aromatic N) is 1. The Morgan fingerprint density at radius 1 is 1.44 bits per heavy atom. The molecule has 0 saturated heterocycles. The Morgan fingerprint density at radius 2 is 2.12 bits per heavy atom. The summed E-state index contributed by atoms with van der Waals surface area (Å²) in [6.07, 6.45) is 0. The van der Waals surface area contributed by atoms with Crippen LogP contribution in [-0.2, 0) is 5.60 Å². The predicted molar refractivity (Wildman–Crippen MR) is 68.0 cm³/mol. The summed E-state index contributed by atoms with van der Waals surface area (Å²) in [5.41, 5.74) is 2.96. The summed E-state index contributed by atoms with van der Waals surface area (Å²) in [5.74, 6) is 0.512. The normalized spacial score (nSPS) is 20.1. The molecule has 1 N–H and O–H groups in total. The van der Waals surface area contributed by atoms with E-state index in [4.69, 9.17) is 0 Å². The molecule has 1 unspecified atom stereocenters. The van der Waals surface area contributed by atoms with E-state index in [2.05, 4.69) is 30.9 Å². The third-order valence-corrected chi connectivity index (χ3v) is 3.45. The van der Waals surface area contributed by atoms with E-state index in [9.17, 15) is 5.11 Å². The molecule has 2 heteroatoms. The Morgan fingerprint density at radius 3 is 2.69 bits per heavy atom. The topological polar surface area (TPSA) is 23.5 Å². The number of benzene rings is 1. The molecule has 0 bridgehead atoms. The molecule has 0 aliphatic carbocycles. The highest BCUT2D eigenvalue weighted by Gasteiger charge is 2.31. The number of rotatable bonds is 2. The first kappa shape index (κ1) is 11.5. The molecule has 0 aromatic heterocycles. The molecule has 16 heavy (non-hydrogen) atoms. The number of likely N-dealkylation sites (N-methyl/N-ethyl adjacent to an activating group) is 1. The molecule has 0 fully saturated rings. The van der Waals surface area contributed by atoms with Gasteiger partial charge in [0.25, 0.3) is 0 Å².